The first-order chi connectivity index (χ1) is 11.1. The highest BCUT2D eigenvalue weighted by Gasteiger charge is 2.40. The number of halogens is 1. The second kappa shape index (κ2) is 7.30. The molecule has 5 heteroatoms. The fourth-order valence-electron chi connectivity index (χ4n) is 3.25. The minimum Gasteiger partial charge on any atom is -0.489 e. The van der Waals surface area contributed by atoms with Crippen LogP contribution in [0.3, 0.4) is 0 Å². The molecule has 0 unspecified atom stereocenters. The molecule has 1 aromatic rings. The molecule has 2 fully saturated rings. The molecule has 3 rings (SSSR count). The summed E-state index contributed by atoms with van der Waals surface area (Å²) >= 11 is 0. The Morgan fingerprint density at radius 2 is 1.96 bits per heavy atom. The largest absolute Gasteiger partial charge is 0.489 e. The van der Waals surface area contributed by atoms with Crippen molar-refractivity contribution in [3.8, 4) is 5.75 Å². The third-order valence-electron chi connectivity index (χ3n) is 4.59. The molecule has 1 heterocycles. The molecule has 4 nitrogen and oxygen atoms in total. The molecule has 0 bridgehead atoms. The Morgan fingerprint density at radius 3 is 2.57 bits per heavy atom. The number of hydrogen-bond donors (Lipinski definition) is 1. The van der Waals surface area contributed by atoms with E-state index in [0.29, 0.717) is 18.2 Å². The number of ether oxygens (including phenoxy) is 1. The van der Waals surface area contributed by atoms with E-state index in [1.165, 1.54) is 25.0 Å². The molecule has 126 valence electrons. The molecule has 1 aromatic carbocycles. The molecule has 0 aromatic heterocycles. The van der Waals surface area contributed by atoms with E-state index in [9.17, 15) is 9.18 Å². The van der Waals surface area contributed by atoms with Crippen LogP contribution in [0.5, 0.6) is 5.75 Å². The summed E-state index contributed by atoms with van der Waals surface area (Å²) in [6.07, 6.45) is 4.57. The minimum absolute atomic E-state index is 0.0375. The van der Waals surface area contributed by atoms with E-state index < -0.39 is 0 Å². The van der Waals surface area contributed by atoms with Gasteiger partial charge in [-0.25, -0.2) is 4.39 Å². The number of likely N-dealkylation sites (tertiary alicyclic amines) is 1. The number of benzene rings is 1. The second-order valence-electron chi connectivity index (χ2n) is 6.65. The molecular formula is C18H25FN2O2. The molecule has 0 spiro atoms. The van der Waals surface area contributed by atoms with Gasteiger partial charge in [0.15, 0.2) is 0 Å². The number of carbonyl (C=O) groups excluding carboxylic acids is 1. The van der Waals surface area contributed by atoms with Gasteiger partial charge in [0.2, 0.25) is 5.91 Å². The SMILES string of the molecule is C[C@H](CNC(=O)[C@H](C1CC1)N1CCCC1)Oc1ccc(F)cc1. The zero-order chi connectivity index (χ0) is 16.2. The van der Waals surface area contributed by atoms with Gasteiger partial charge in [0, 0.05) is 0 Å². The predicted molar refractivity (Wildman–Crippen MR) is 86.8 cm³/mol. The summed E-state index contributed by atoms with van der Waals surface area (Å²) in [5, 5.41) is 3.03. The fourth-order valence-corrected chi connectivity index (χ4v) is 3.25. The average Bonchev–Trinajstić information content (AvgIpc) is 3.22. The topological polar surface area (TPSA) is 41.6 Å². The summed E-state index contributed by atoms with van der Waals surface area (Å²) in [4.78, 5) is 14.9. The Kier molecular flexibility index (Phi) is 5.16. The van der Waals surface area contributed by atoms with Crippen LogP contribution >= 0.6 is 0 Å². The van der Waals surface area contributed by atoms with Crippen molar-refractivity contribution in [2.75, 3.05) is 19.6 Å². The Balaban J connectivity index is 1.48. The standard InChI is InChI=1S/C18H25FN2O2/c1-13(23-16-8-6-15(19)7-9-16)12-20-18(22)17(14-4-5-14)21-10-2-3-11-21/h6-9,13-14,17H,2-5,10-12H2,1H3,(H,20,22)/t13-,17+/m1/s1. The monoisotopic (exact) mass is 320 g/mol. The van der Waals surface area contributed by atoms with Crippen LogP contribution < -0.4 is 10.1 Å². The summed E-state index contributed by atoms with van der Waals surface area (Å²) in [7, 11) is 0. The van der Waals surface area contributed by atoms with Crippen LogP contribution in [0.15, 0.2) is 24.3 Å². The van der Waals surface area contributed by atoms with Crippen LogP contribution in [0, 0.1) is 11.7 Å². The summed E-state index contributed by atoms with van der Waals surface area (Å²) in [6, 6.07) is 5.99. The van der Waals surface area contributed by atoms with Gasteiger partial charge >= 0.3 is 0 Å². The smallest absolute Gasteiger partial charge is 0.237 e. The molecule has 1 amide bonds. The van der Waals surface area contributed by atoms with Gasteiger partial charge < -0.3 is 10.1 Å². The van der Waals surface area contributed by atoms with Gasteiger partial charge in [-0.1, -0.05) is 0 Å². The maximum absolute atomic E-state index is 12.9. The number of rotatable bonds is 7. The van der Waals surface area contributed by atoms with Crippen LogP contribution in [0.25, 0.3) is 0 Å². The number of nitrogens with one attached hydrogen (secondary N) is 1. The first-order valence-corrected chi connectivity index (χ1v) is 8.57. The molecule has 2 aliphatic rings. The molecule has 1 aliphatic carbocycles. The quantitative estimate of drug-likeness (QED) is 0.839. The van der Waals surface area contributed by atoms with E-state index >= 15 is 0 Å². The highest BCUT2D eigenvalue weighted by atomic mass is 19.1. The summed E-state index contributed by atoms with van der Waals surface area (Å²) < 4.78 is 18.6. The van der Waals surface area contributed by atoms with Crippen LogP contribution in [0.4, 0.5) is 4.39 Å². The lowest BCUT2D eigenvalue weighted by molar-refractivity contribution is -0.127. The van der Waals surface area contributed by atoms with Crippen molar-refractivity contribution in [2.45, 2.75) is 44.8 Å². The van der Waals surface area contributed by atoms with Gasteiger partial charge in [-0.15, -0.1) is 0 Å². The van der Waals surface area contributed by atoms with Gasteiger partial charge in [0.25, 0.3) is 0 Å². The van der Waals surface area contributed by atoms with E-state index in [0.717, 1.165) is 25.9 Å². The number of nitrogens with zero attached hydrogens (tertiary/aromatic N) is 1. The Morgan fingerprint density at radius 1 is 1.30 bits per heavy atom. The van der Waals surface area contributed by atoms with Crippen molar-refractivity contribution in [3.05, 3.63) is 30.1 Å². The van der Waals surface area contributed by atoms with Gasteiger partial charge in [-0.3, -0.25) is 9.69 Å². The van der Waals surface area contributed by atoms with Crippen LogP contribution in [0.1, 0.15) is 32.6 Å². The lowest BCUT2D eigenvalue weighted by atomic mass is 10.1. The minimum atomic E-state index is -0.281. The molecule has 1 aliphatic heterocycles. The summed E-state index contributed by atoms with van der Waals surface area (Å²) in [6.45, 7) is 4.45. The third kappa shape index (κ3) is 4.44. The van der Waals surface area contributed by atoms with Crippen molar-refractivity contribution in [1.82, 2.24) is 10.2 Å². The Hall–Kier alpha value is -1.62. The van der Waals surface area contributed by atoms with E-state index in [2.05, 4.69) is 10.2 Å². The van der Waals surface area contributed by atoms with Crippen molar-refractivity contribution >= 4 is 5.91 Å². The van der Waals surface area contributed by atoms with Crippen molar-refractivity contribution in [3.63, 3.8) is 0 Å². The lowest BCUT2D eigenvalue weighted by Gasteiger charge is -2.27. The summed E-state index contributed by atoms with van der Waals surface area (Å²) in [5.41, 5.74) is 0. The van der Waals surface area contributed by atoms with Crippen LogP contribution in [-0.2, 0) is 4.79 Å². The van der Waals surface area contributed by atoms with Crippen LogP contribution in [0.2, 0.25) is 0 Å². The normalized spacial score (nSPS) is 21.0. The van der Waals surface area contributed by atoms with Gasteiger partial charge in [-0.2, -0.15) is 0 Å². The second-order valence-corrected chi connectivity index (χ2v) is 6.65. The molecule has 2 atom stereocenters. The van der Waals surface area contributed by atoms with E-state index in [1.54, 1.807) is 12.1 Å². The van der Waals surface area contributed by atoms with Crippen molar-refractivity contribution in [2.24, 2.45) is 5.92 Å². The summed E-state index contributed by atoms with van der Waals surface area (Å²) in [5.74, 6) is 0.994. The number of carbonyl (C=O) groups is 1. The van der Waals surface area contributed by atoms with Crippen molar-refractivity contribution in [1.29, 1.82) is 0 Å². The lowest BCUT2D eigenvalue weighted by Crippen LogP contribution is -2.49. The average molecular weight is 320 g/mol. The van der Waals surface area contributed by atoms with Gasteiger partial charge in [0.1, 0.15) is 17.7 Å². The highest BCUT2D eigenvalue weighted by Crippen LogP contribution is 2.36. The predicted octanol–water partition coefficient (Wildman–Crippen LogP) is 2.58. The van der Waals surface area contributed by atoms with E-state index in [1.807, 2.05) is 6.92 Å². The molecule has 1 saturated heterocycles. The third-order valence-corrected chi connectivity index (χ3v) is 4.59. The first-order valence-electron chi connectivity index (χ1n) is 8.57. The molecule has 0 radical (unpaired) electrons. The fraction of sp³-hybridized carbons (Fsp3) is 0.611. The zero-order valence-corrected chi connectivity index (χ0v) is 13.6. The van der Waals surface area contributed by atoms with Crippen LogP contribution in [-0.4, -0.2) is 42.6 Å². The van der Waals surface area contributed by atoms with Gasteiger partial charge in [0.05, 0.1) is 12.6 Å². The molecular weight excluding hydrogens is 295 g/mol. The number of hydrogen-bond acceptors (Lipinski definition) is 3. The zero-order valence-electron chi connectivity index (χ0n) is 13.6. The van der Waals surface area contributed by atoms with Crippen molar-refractivity contribution < 1.29 is 13.9 Å². The number of amides is 1. The maximum atomic E-state index is 12.9. The maximum Gasteiger partial charge on any atom is 0.237 e. The highest BCUT2D eigenvalue weighted by molar-refractivity contribution is 5.82. The Bertz CT molecular complexity index is 524. The Labute approximate surface area is 137 Å². The molecule has 1 N–H and O–H groups in total. The first kappa shape index (κ1) is 16.2. The van der Waals surface area contributed by atoms with Gasteiger partial charge in [-0.05, 0) is 75.9 Å². The van der Waals surface area contributed by atoms with E-state index in [-0.39, 0.29) is 23.9 Å². The molecule has 1 saturated carbocycles. The van der Waals surface area contributed by atoms with E-state index in [4.69, 9.17) is 4.74 Å². The molecule has 23 heavy (non-hydrogen) atoms.